The van der Waals surface area contributed by atoms with Crippen molar-refractivity contribution >= 4 is 22.0 Å². The van der Waals surface area contributed by atoms with Crippen LogP contribution in [0.25, 0.3) is 6.08 Å². The standard InChI is InChI=1S/C12H12BrN/c1-3-9(2)6-10-4-5-12(13)7-11(10)8-14/h4-7H,3H2,1-2H3/b9-6+. The minimum atomic E-state index is 0.715. The Morgan fingerprint density at radius 1 is 1.57 bits per heavy atom. The molecule has 1 aromatic carbocycles. The molecule has 0 heterocycles. The van der Waals surface area contributed by atoms with Gasteiger partial charge in [0.1, 0.15) is 0 Å². The summed E-state index contributed by atoms with van der Waals surface area (Å²) in [5, 5.41) is 8.93. The van der Waals surface area contributed by atoms with E-state index < -0.39 is 0 Å². The number of nitriles is 1. The molecule has 0 amide bonds. The largest absolute Gasteiger partial charge is 0.192 e. The number of halogens is 1. The van der Waals surface area contributed by atoms with Crippen molar-refractivity contribution in [2.75, 3.05) is 0 Å². The van der Waals surface area contributed by atoms with E-state index in [9.17, 15) is 0 Å². The molecule has 0 aliphatic rings. The summed E-state index contributed by atoms with van der Waals surface area (Å²) >= 11 is 3.35. The van der Waals surface area contributed by atoms with E-state index in [0.29, 0.717) is 5.56 Å². The fourth-order valence-electron chi connectivity index (χ4n) is 1.12. The number of hydrogen-bond acceptors (Lipinski definition) is 1. The number of rotatable bonds is 2. The van der Waals surface area contributed by atoms with Gasteiger partial charge in [-0.3, -0.25) is 0 Å². The van der Waals surface area contributed by atoms with Crippen LogP contribution in [0.3, 0.4) is 0 Å². The second-order valence-electron chi connectivity index (χ2n) is 3.19. The highest BCUT2D eigenvalue weighted by Gasteiger charge is 1.99. The Labute approximate surface area is 93.2 Å². The van der Waals surface area contributed by atoms with Crippen LogP contribution >= 0.6 is 15.9 Å². The molecule has 0 aromatic heterocycles. The van der Waals surface area contributed by atoms with Crippen molar-refractivity contribution < 1.29 is 0 Å². The summed E-state index contributed by atoms with van der Waals surface area (Å²) in [6.07, 6.45) is 3.08. The molecule has 0 aliphatic carbocycles. The van der Waals surface area contributed by atoms with Crippen LogP contribution in [0.4, 0.5) is 0 Å². The summed E-state index contributed by atoms with van der Waals surface area (Å²) in [6, 6.07) is 7.95. The molecular formula is C12H12BrN. The maximum atomic E-state index is 8.93. The molecule has 2 heteroatoms. The molecule has 72 valence electrons. The molecule has 0 N–H and O–H groups in total. The van der Waals surface area contributed by atoms with Gasteiger partial charge in [-0.2, -0.15) is 5.26 Å². The SMILES string of the molecule is CC/C(C)=C/c1ccc(Br)cc1C#N. The van der Waals surface area contributed by atoms with Crippen molar-refractivity contribution in [1.82, 2.24) is 0 Å². The molecule has 0 saturated carbocycles. The number of allylic oxidation sites excluding steroid dienone is 1. The van der Waals surface area contributed by atoms with Gasteiger partial charge in [-0.1, -0.05) is 40.6 Å². The number of benzene rings is 1. The highest BCUT2D eigenvalue weighted by molar-refractivity contribution is 9.10. The average molecular weight is 250 g/mol. The first-order valence-corrected chi connectivity index (χ1v) is 5.33. The Bertz CT molecular complexity index is 399. The molecule has 1 aromatic rings. The van der Waals surface area contributed by atoms with Crippen LogP contribution < -0.4 is 0 Å². The first-order valence-electron chi connectivity index (χ1n) is 4.54. The predicted octanol–water partition coefficient (Wildman–Crippen LogP) is 4.13. The van der Waals surface area contributed by atoms with E-state index in [1.54, 1.807) is 0 Å². The Hall–Kier alpha value is -1.07. The third kappa shape index (κ3) is 2.71. The summed E-state index contributed by atoms with van der Waals surface area (Å²) in [5.74, 6) is 0. The first kappa shape index (κ1) is 11.0. The van der Waals surface area contributed by atoms with E-state index in [0.717, 1.165) is 16.5 Å². The first-order chi connectivity index (χ1) is 6.67. The van der Waals surface area contributed by atoms with E-state index in [4.69, 9.17) is 5.26 Å². The van der Waals surface area contributed by atoms with Crippen molar-refractivity contribution in [3.63, 3.8) is 0 Å². The minimum absolute atomic E-state index is 0.715. The van der Waals surface area contributed by atoms with E-state index >= 15 is 0 Å². The molecule has 0 aliphatic heterocycles. The lowest BCUT2D eigenvalue weighted by molar-refractivity contribution is 1.11. The highest BCUT2D eigenvalue weighted by Crippen LogP contribution is 2.19. The fourth-order valence-corrected chi connectivity index (χ4v) is 1.48. The second-order valence-corrected chi connectivity index (χ2v) is 4.10. The van der Waals surface area contributed by atoms with Crippen molar-refractivity contribution in [3.05, 3.63) is 39.4 Å². The normalized spacial score (nSPS) is 11.1. The summed E-state index contributed by atoms with van der Waals surface area (Å²) < 4.78 is 0.945. The van der Waals surface area contributed by atoms with Gasteiger partial charge < -0.3 is 0 Å². The van der Waals surface area contributed by atoms with E-state index in [2.05, 4.69) is 41.9 Å². The van der Waals surface area contributed by atoms with Crippen LogP contribution in [0.15, 0.2) is 28.2 Å². The van der Waals surface area contributed by atoms with Gasteiger partial charge in [0.2, 0.25) is 0 Å². The summed E-state index contributed by atoms with van der Waals surface area (Å²) in [4.78, 5) is 0. The smallest absolute Gasteiger partial charge is 0.0998 e. The second kappa shape index (κ2) is 4.97. The molecule has 1 rings (SSSR count). The van der Waals surface area contributed by atoms with Crippen LogP contribution in [-0.2, 0) is 0 Å². The van der Waals surface area contributed by atoms with Gasteiger partial charge in [-0.15, -0.1) is 0 Å². The summed E-state index contributed by atoms with van der Waals surface area (Å²) in [7, 11) is 0. The zero-order valence-electron chi connectivity index (χ0n) is 8.34. The Balaban J connectivity index is 3.17. The van der Waals surface area contributed by atoms with Gasteiger partial charge in [-0.05, 0) is 31.0 Å². The lowest BCUT2D eigenvalue weighted by atomic mass is 10.1. The molecule has 0 radical (unpaired) electrons. The lowest BCUT2D eigenvalue weighted by Gasteiger charge is -2.00. The van der Waals surface area contributed by atoms with E-state index in [1.165, 1.54) is 5.57 Å². The Morgan fingerprint density at radius 3 is 2.86 bits per heavy atom. The molecule has 0 saturated heterocycles. The van der Waals surface area contributed by atoms with E-state index in [1.807, 2.05) is 18.2 Å². The predicted molar refractivity (Wildman–Crippen MR) is 62.8 cm³/mol. The number of nitrogens with zero attached hydrogens (tertiary/aromatic N) is 1. The quantitative estimate of drug-likeness (QED) is 0.773. The lowest BCUT2D eigenvalue weighted by Crippen LogP contribution is -1.83. The van der Waals surface area contributed by atoms with Gasteiger partial charge >= 0.3 is 0 Å². The van der Waals surface area contributed by atoms with Crippen molar-refractivity contribution in [1.29, 1.82) is 5.26 Å². The minimum Gasteiger partial charge on any atom is -0.192 e. The highest BCUT2D eigenvalue weighted by atomic mass is 79.9. The van der Waals surface area contributed by atoms with Crippen LogP contribution in [0.5, 0.6) is 0 Å². The molecule has 0 bridgehead atoms. The Kier molecular flexibility index (Phi) is 3.91. The molecular weight excluding hydrogens is 238 g/mol. The summed E-state index contributed by atoms with van der Waals surface area (Å²) in [6.45, 7) is 4.18. The summed E-state index contributed by atoms with van der Waals surface area (Å²) in [5.41, 5.74) is 2.99. The maximum absolute atomic E-state index is 8.93. The zero-order chi connectivity index (χ0) is 10.6. The molecule has 0 spiro atoms. The van der Waals surface area contributed by atoms with Crippen molar-refractivity contribution in [2.24, 2.45) is 0 Å². The van der Waals surface area contributed by atoms with Gasteiger partial charge in [-0.25, -0.2) is 0 Å². The molecule has 14 heavy (non-hydrogen) atoms. The molecule has 0 unspecified atom stereocenters. The average Bonchev–Trinajstić information content (AvgIpc) is 2.20. The zero-order valence-corrected chi connectivity index (χ0v) is 9.93. The third-order valence-electron chi connectivity index (χ3n) is 2.10. The van der Waals surface area contributed by atoms with Crippen molar-refractivity contribution in [3.8, 4) is 6.07 Å². The van der Waals surface area contributed by atoms with Crippen LogP contribution in [0.2, 0.25) is 0 Å². The maximum Gasteiger partial charge on any atom is 0.0998 e. The molecule has 1 nitrogen and oxygen atoms in total. The van der Waals surface area contributed by atoms with Gasteiger partial charge in [0.15, 0.2) is 0 Å². The van der Waals surface area contributed by atoms with Gasteiger partial charge in [0.25, 0.3) is 0 Å². The van der Waals surface area contributed by atoms with Gasteiger partial charge in [0.05, 0.1) is 11.6 Å². The topological polar surface area (TPSA) is 23.8 Å². The van der Waals surface area contributed by atoms with Gasteiger partial charge in [0, 0.05) is 4.47 Å². The van der Waals surface area contributed by atoms with E-state index in [-0.39, 0.29) is 0 Å². The number of hydrogen-bond donors (Lipinski definition) is 0. The third-order valence-corrected chi connectivity index (χ3v) is 2.59. The Morgan fingerprint density at radius 2 is 2.29 bits per heavy atom. The monoisotopic (exact) mass is 249 g/mol. The van der Waals surface area contributed by atoms with Crippen LogP contribution in [0.1, 0.15) is 31.4 Å². The fraction of sp³-hybridized carbons (Fsp3) is 0.250. The van der Waals surface area contributed by atoms with Crippen molar-refractivity contribution in [2.45, 2.75) is 20.3 Å². The van der Waals surface area contributed by atoms with Crippen LogP contribution in [-0.4, -0.2) is 0 Å². The molecule has 0 atom stereocenters. The molecule has 0 fully saturated rings. The van der Waals surface area contributed by atoms with Crippen LogP contribution in [0, 0.1) is 11.3 Å².